The van der Waals surface area contributed by atoms with Gasteiger partial charge in [-0.2, -0.15) is 11.8 Å². The Hall–Kier alpha value is -0.220. The minimum Gasteiger partial charge on any atom is -0.339 e. The number of piperazine rings is 1. The van der Waals surface area contributed by atoms with Gasteiger partial charge in [-0.1, -0.05) is 33.6 Å². The summed E-state index contributed by atoms with van der Waals surface area (Å²) in [5.74, 6) is 0.362. The molecule has 0 spiro atoms. The Morgan fingerprint density at radius 2 is 1.75 bits per heavy atom. The third-order valence-electron chi connectivity index (χ3n) is 4.02. The molecule has 0 bridgehead atoms. The van der Waals surface area contributed by atoms with Crippen LogP contribution in [0.15, 0.2) is 0 Å². The second-order valence-corrected chi connectivity index (χ2v) is 8.20. The van der Waals surface area contributed by atoms with E-state index < -0.39 is 0 Å². The fourth-order valence-corrected chi connectivity index (χ4v) is 3.31. The first-order valence-corrected chi connectivity index (χ1v) is 9.12. The van der Waals surface area contributed by atoms with Crippen LogP contribution < -0.4 is 0 Å². The first-order chi connectivity index (χ1) is 9.33. The molecule has 1 unspecified atom stereocenters. The van der Waals surface area contributed by atoms with E-state index in [1.165, 1.54) is 19.3 Å². The van der Waals surface area contributed by atoms with Crippen LogP contribution in [0, 0.1) is 5.41 Å². The Bertz CT molecular complexity index is 293. The fraction of sp³-hybridized carbons (Fsp3) is 0.938. The molecule has 1 rings (SSSR count). The van der Waals surface area contributed by atoms with Gasteiger partial charge in [0.1, 0.15) is 0 Å². The molecule has 1 saturated heterocycles. The van der Waals surface area contributed by atoms with Crippen molar-refractivity contribution in [2.45, 2.75) is 51.7 Å². The Morgan fingerprint density at radius 1 is 1.15 bits per heavy atom. The van der Waals surface area contributed by atoms with E-state index in [1.807, 2.05) is 0 Å². The second-order valence-electron chi connectivity index (χ2n) is 7.16. The summed E-state index contributed by atoms with van der Waals surface area (Å²) in [4.78, 5) is 16.9. The molecular weight excluding hydrogens is 268 g/mol. The van der Waals surface area contributed by atoms with Crippen LogP contribution in [0.4, 0.5) is 0 Å². The summed E-state index contributed by atoms with van der Waals surface area (Å²) in [6.45, 7) is 10.7. The smallest absolute Gasteiger partial charge is 0.235 e. The molecule has 3 nitrogen and oxygen atoms in total. The Morgan fingerprint density at radius 3 is 2.25 bits per heavy atom. The maximum atomic E-state index is 12.5. The number of amides is 1. The number of carbonyl (C=O) groups is 1. The normalized spacial score (nSPS) is 19.1. The van der Waals surface area contributed by atoms with E-state index in [9.17, 15) is 4.79 Å². The predicted molar refractivity (Wildman–Crippen MR) is 89.3 cm³/mol. The number of hydrogen-bond acceptors (Lipinski definition) is 3. The molecule has 1 amide bonds. The largest absolute Gasteiger partial charge is 0.339 e. The molecule has 1 fully saturated rings. The van der Waals surface area contributed by atoms with Crippen LogP contribution in [0.3, 0.4) is 0 Å². The van der Waals surface area contributed by atoms with Gasteiger partial charge in [0.25, 0.3) is 0 Å². The fourth-order valence-electron chi connectivity index (χ4n) is 2.56. The summed E-state index contributed by atoms with van der Waals surface area (Å²) in [5.41, 5.74) is 0.413. The first kappa shape index (κ1) is 17.8. The molecule has 0 aromatic heterocycles. The van der Waals surface area contributed by atoms with E-state index in [0.717, 1.165) is 32.6 Å². The molecule has 118 valence electrons. The summed E-state index contributed by atoms with van der Waals surface area (Å²) >= 11 is 1.73. The van der Waals surface area contributed by atoms with Gasteiger partial charge in [0.15, 0.2) is 0 Å². The van der Waals surface area contributed by atoms with Gasteiger partial charge in [-0.15, -0.1) is 0 Å². The van der Waals surface area contributed by atoms with Crippen molar-refractivity contribution in [1.82, 2.24) is 9.80 Å². The van der Waals surface area contributed by atoms with Gasteiger partial charge in [-0.25, -0.2) is 0 Å². The number of nitrogens with zero attached hydrogens (tertiary/aromatic N) is 2. The van der Waals surface area contributed by atoms with Gasteiger partial charge in [-0.05, 0) is 31.6 Å². The third-order valence-corrected chi connectivity index (χ3v) is 5.02. The zero-order valence-electron chi connectivity index (χ0n) is 13.9. The Kier molecular flexibility index (Phi) is 7.38. The van der Waals surface area contributed by atoms with Crippen LogP contribution in [0.25, 0.3) is 0 Å². The second kappa shape index (κ2) is 8.28. The van der Waals surface area contributed by atoms with E-state index in [1.54, 1.807) is 11.8 Å². The molecule has 1 heterocycles. The summed E-state index contributed by atoms with van der Waals surface area (Å²) in [6.07, 6.45) is 6.75. The molecule has 0 aliphatic carbocycles. The molecule has 0 radical (unpaired) electrons. The van der Waals surface area contributed by atoms with Crippen LogP contribution in [0.5, 0.6) is 0 Å². The molecule has 1 aliphatic heterocycles. The maximum Gasteiger partial charge on any atom is 0.235 e. The lowest BCUT2D eigenvalue weighted by molar-refractivity contribution is -0.132. The molecule has 1 aliphatic rings. The number of thioether (sulfide) groups is 1. The minimum absolute atomic E-state index is 0.165. The third kappa shape index (κ3) is 6.49. The lowest BCUT2D eigenvalue weighted by Gasteiger charge is -2.34. The molecule has 4 heteroatoms. The molecule has 0 aromatic rings. The zero-order chi connectivity index (χ0) is 15.2. The van der Waals surface area contributed by atoms with Crippen molar-refractivity contribution < 1.29 is 4.79 Å². The molecular formula is C16H32N2OS. The summed E-state index contributed by atoms with van der Waals surface area (Å²) in [7, 11) is 2.13. The molecule has 0 N–H and O–H groups in total. The number of likely N-dealkylation sites (N-methyl/N-ethyl adjacent to an activating group) is 1. The van der Waals surface area contributed by atoms with E-state index in [4.69, 9.17) is 0 Å². The lowest BCUT2D eigenvalue weighted by Crippen LogP contribution is -2.49. The number of rotatable bonds is 6. The summed E-state index contributed by atoms with van der Waals surface area (Å²) < 4.78 is 0. The van der Waals surface area contributed by atoms with Gasteiger partial charge in [0.2, 0.25) is 5.91 Å². The van der Waals surface area contributed by atoms with Crippen LogP contribution in [-0.4, -0.2) is 60.4 Å². The van der Waals surface area contributed by atoms with Crippen LogP contribution >= 0.6 is 11.8 Å². The minimum atomic E-state index is 0.165. The average molecular weight is 301 g/mol. The standard InChI is InChI=1S/C16H32N2OS/c1-16(2,3)9-7-6-8-14(20-5)15(19)18-12-10-17(4)11-13-18/h14H,6-13H2,1-5H3. The highest BCUT2D eigenvalue weighted by atomic mass is 32.2. The zero-order valence-corrected chi connectivity index (χ0v) is 14.8. The van der Waals surface area contributed by atoms with Crippen molar-refractivity contribution in [2.24, 2.45) is 5.41 Å². The van der Waals surface area contributed by atoms with Gasteiger partial charge < -0.3 is 9.80 Å². The van der Waals surface area contributed by atoms with Crippen molar-refractivity contribution in [2.75, 3.05) is 39.5 Å². The maximum absolute atomic E-state index is 12.5. The quantitative estimate of drug-likeness (QED) is 0.704. The van der Waals surface area contributed by atoms with Crippen molar-refractivity contribution in [3.63, 3.8) is 0 Å². The number of carbonyl (C=O) groups excluding carboxylic acids is 1. The Balaban J connectivity index is 2.32. The van der Waals surface area contributed by atoms with Crippen LogP contribution in [0.1, 0.15) is 46.5 Å². The van der Waals surface area contributed by atoms with Gasteiger partial charge in [0, 0.05) is 26.2 Å². The van der Waals surface area contributed by atoms with E-state index >= 15 is 0 Å². The highest BCUT2D eigenvalue weighted by Crippen LogP contribution is 2.24. The van der Waals surface area contributed by atoms with E-state index in [2.05, 4.69) is 43.9 Å². The highest BCUT2D eigenvalue weighted by Gasteiger charge is 2.25. The Labute approximate surface area is 129 Å². The van der Waals surface area contributed by atoms with Crippen molar-refractivity contribution in [1.29, 1.82) is 0 Å². The van der Waals surface area contributed by atoms with Crippen LogP contribution in [-0.2, 0) is 4.79 Å². The molecule has 0 saturated carbocycles. The number of unbranched alkanes of at least 4 members (excludes halogenated alkanes) is 1. The average Bonchev–Trinajstić information content (AvgIpc) is 2.38. The summed E-state index contributed by atoms with van der Waals surface area (Å²) in [5, 5.41) is 0.165. The molecule has 20 heavy (non-hydrogen) atoms. The first-order valence-electron chi connectivity index (χ1n) is 7.83. The van der Waals surface area contributed by atoms with E-state index in [-0.39, 0.29) is 5.25 Å². The van der Waals surface area contributed by atoms with Gasteiger partial charge in [0.05, 0.1) is 5.25 Å². The van der Waals surface area contributed by atoms with Crippen molar-refractivity contribution in [3.8, 4) is 0 Å². The van der Waals surface area contributed by atoms with Crippen molar-refractivity contribution >= 4 is 17.7 Å². The van der Waals surface area contributed by atoms with Gasteiger partial charge in [-0.3, -0.25) is 4.79 Å². The SMILES string of the molecule is CSC(CCCCC(C)(C)C)C(=O)N1CCN(C)CC1. The topological polar surface area (TPSA) is 23.6 Å². The lowest BCUT2D eigenvalue weighted by atomic mass is 9.89. The van der Waals surface area contributed by atoms with Crippen molar-refractivity contribution in [3.05, 3.63) is 0 Å². The summed E-state index contributed by atoms with van der Waals surface area (Å²) in [6, 6.07) is 0. The monoisotopic (exact) mass is 300 g/mol. The predicted octanol–water partition coefficient (Wildman–Crippen LogP) is 3.10. The molecule has 1 atom stereocenters. The van der Waals surface area contributed by atoms with E-state index in [0.29, 0.717) is 11.3 Å². The highest BCUT2D eigenvalue weighted by molar-refractivity contribution is 7.99. The number of hydrogen-bond donors (Lipinski definition) is 0. The van der Waals surface area contributed by atoms with Gasteiger partial charge >= 0.3 is 0 Å². The van der Waals surface area contributed by atoms with Crippen LogP contribution in [0.2, 0.25) is 0 Å². The molecule has 0 aromatic carbocycles.